The number of nitrogens with zero attached hydrogens (tertiary/aromatic N) is 4. The normalized spacial score (nSPS) is 18.7. The lowest BCUT2D eigenvalue weighted by atomic mass is 9.95. The first-order valence-corrected chi connectivity index (χ1v) is 14.6. The van der Waals surface area contributed by atoms with Gasteiger partial charge in [-0.3, -0.25) is 14.5 Å². The van der Waals surface area contributed by atoms with E-state index in [-0.39, 0.29) is 17.7 Å². The van der Waals surface area contributed by atoms with E-state index in [0.717, 1.165) is 76.2 Å². The van der Waals surface area contributed by atoms with Gasteiger partial charge >= 0.3 is 0 Å². The van der Waals surface area contributed by atoms with E-state index in [1.165, 1.54) is 5.56 Å². The molecule has 0 unspecified atom stereocenters. The van der Waals surface area contributed by atoms with Crippen molar-refractivity contribution >= 4 is 17.5 Å². The van der Waals surface area contributed by atoms with Gasteiger partial charge in [0, 0.05) is 56.8 Å². The summed E-state index contributed by atoms with van der Waals surface area (Å²) in [5.41, 5.74) is 3.21. The van der Waals surface area contributed by atoms with Gasteiger partial charge in [-0.1, -0.05) is 55.5 Å². The molecule has 206 valence electrons. The molecule has 1 saturated heterocycles. The van der Waals surface area contributed by atoms with Crippen LogP contribution in [0, 0.1) is 5.92 Å². The Morgan fingerprint density at radius 1 is 0.868 bits per heavy atom. The lowest BCUT2D eigenvalue weighted by molar-refractivity contribution is -0.138. The highest BCUT2D eigenvalue weighted by atomic mass is 16.2. The maximum Gasteiger partial charge on any atom is 0.227 e. The summed E-state index contributed by atoms with van der Waals surface area (Å²) in [6.07, 6.45) is 3.99. The number of carbonyl (C=O) groups excluding carboxylic acids is 2. The predicted octanol–water partition coefficient (Wildman–Crippen LogP) is 4.83. The number of benzene rings is 2. The molecule has 2 aromatic carbocycles. The van der Waals surface area contributed by atoms with Crippen LogP contribution in [0.25, 0.3) is 0 Å². The monoisotopic (exact) mass is 518 g/mol. The van der Waals surface area contributed by atoms with Crippen LogP contribution in [0.1, 0.15) is 57.6 Å². The van der Waals surface area contributed by atoms with Crippen LogP contribution in [0.2, 0.25) is 0 Å². The number of piperidine rings is 1. The number of rotatable bonds is 6. The average molecular weight is 519 g/mol. The zero-order valence-corrected chi connectivity index (χ0v) is 23.6. The first-order chi connectivity index (χ1) is 18.5. The number of anilines is 1. The molecule has 2 aliphatic heterocycles. The molecule has 0 atom stereocenters. The lowest BCUT2D eigenvalue weighted by Crippen LogP contribution is -2.45. The number of hydrogen-bond acceptors (Lipinski definition) is 4. The zero-order valence-electron chi connectivity index (χ0n) is 23.6. The highest BCUT2D eigenvalue weighted by Gasteiger charge is 2.30. The molecule has 0 N–H and O–H groups in total. The van der Waals surface area contributed by atoms with Crippen LogP contribution in [0.5, 0.6) is 0 Å². The van der Waals surface area contributed by atoms with E-state index >= 15 is 0 Å². The molecule has 2 amide bonds. The van der Waals surface area contributed by atoms with Crippen molar-refractivity contribution in [3.05, 3.63) is 65.7 Å². The van der Waals surface area contributed by atoms with Crippen molar-refractivity contribution in [1.29, 1.82) is 0 Å². The van der Waals surface area contributed by atoms with E-state index in [9.17, 15) is 9.59 Å². The van der Waals surface area contributed by atoms with Crippen LogP contribution < -0.4 is 4.90 Å². The van der Waals surface area contributed by atoms with E-state index in [1.54, 1.807) is 0 Å². The Morgan fingerprint density at radius 3 is 2.29 bits per heavy atom. The second-order valence-corrected chi connectivity index (χ2v) is 11.1. The minimum absolute atomic E-state index is 0.0891. The summed E-state index contributed by atoms with van der Waals surface area (Å²) in [7, 11) is 0. The van der Waals surface area contributed by atoms with E-state index in [1.807, 2.05) is 35.2 Å². The van der Waals surface area contributed by atoms with E-state index < -0.39 is 0 Å². The fourth-order valence-corrected chi connectivity index (χ4v) is 5.85. The van der Waals surface area contributed by atoms with Crippen molar-refractivity contribution in [2.45, 2.75) is 65.5 Å². The maximum absolute atomic E-state index is 13.9. The summed E-state index contributed by atoms with van der Waals surface area (Å²) in [5.74, 6) is 0.521. The summed E-state index contributed by atoms with van der Waals surface area (Å²) in [4.78, 5) is 36.5. The lowest BCUT2D eigenvalue weighted by Gasteiger charge is -2.35. The quantitative estimate of drug-likeness (QED) is 0.550. The molecule has 0 aromatic heterocycles. The second-order valence-electron chi connectivity index (χ2n) is 11.1. The van der Waals surface area contributed by atoms with Crippen molar-refractivity contribution in [1.82, 2.24) is 14.7 Å². The predicted molar refractivity (Wildman–Crippen MR) is 155 cm³/mol. The Morgan fingerprint density at radius 2 is 1.58 bits per heavy atom. The SMILES string of the molecule is CCN1CCC(C(=O)N2CCN(C(C)C)CCCN(C(=O)CCc3ccccc3)c3ccccc3C2)CC1. The van der Waals surface area contributed by atoms with Crippen LogP contribution in [-0.4, -0.2) is 78.4 Å². The summed E-state index contributed by atoms with van der Waals surface area (Å²) < 4.78 is 0. The number of hydrogen-bond donors (Lipinski definition) is 0. The number of amides is 2. The average Bonchev–Trinajstić information content (AvgIpc) is 2.98. The molecule has 4 rings (SSSR count). The molecule has 0 radical (unpaired) electrons. The fourth-order valence-electron chi connectivity index (χ4n) is 5.85. The van der Waals surface area contributed by atoms with Crippen LogP contribution in [-0.2, 0) is 22.6 Å². The number of carbonyl (C=O) groups is 2. The Bertz CT molecular complexity index is 1030. The molecule has 0 aliphatic carbocycles. The van der Waals surface area contributed by atoms with Gasteiger partial charge in [-0.05, 0) is 76.4 Å². The van der Waals surface area contributed by atoms with Gasteiger partial charge in [0.05, 0.1) is 0 Å². The highest BCUT2D eigenvalue weighted by Crippen LogP contribution is 2.27. The standard InChI is InChI=1S/C32H46N4O2/c1-4-33-21-17-28(18-22-33)32(38)35-24-23-34(26(2)3)19-10-20-36(30-14-9-8-13-29(30)25-35)31(37)16-15-27-11-6-5-7-12-27/h5-9,11-14,26,28H,4,10,15-25H2,1-3H3. The molecule has 0 saturated carbocycles. The van der Waals surface area contributed by atoms with E-state index in [0.29, 0.717) is 25.6 Å². The molecule has 38 heavy (non-hydrogen) atoms. The molecule has 6 heteroatoms. The summed E-state index contributed by atoms with van der Waals surface area (Å²) in [5, 5.41) is 0. The van der Waals surface area contributed by atoms with Crippen molar-refractivity contribution in [3.63, 3.8) is 0 Å². The number of likely N-dealkylation sites (tertiary alicyclic amines) is 1. The largest absolute Gasteiger partial charge is 0.337 e. The summed E-state index contributed by atoms with van der Waals surface area (Å²) in [6.45, 7) is 13.4. The van der Waals surface area contributed by atoms with Crippen LogP contribution in [0.3, 0.4) is 0 Å². The number of fused-ring (bicyclic) bond motifs is 1. The minimum Gasteiger partial charge on any atom is -0.337 e. The molecule has 2 heterocycles. The third-order valence-corrected chi connectivity index (χ3v) is 8.33. The van der Waals surface area contributed by atoms with Crippen molar-refractivity contribution in [3.8, 4) is 0 Å². The summed E-state index contributed by atoms with van der Waals surface area (Å²) in [6, 6.07) is 18.9. The van der Waals surface area contributed by atoms with E-state index in [2.05, 4.69) is 59.7 Å². The molecule has 0 bridgehead atoms. The molecule has 2 aromatic rings. The Labute approximate surface area is 229 Å². The Balaban J connectivity index is 1.57. The second kappa shape index (κ2) is 13.9. The molecule has 1 fully saturated rings. The smallest absolute Gasteiger partial charge is 0.227 e. The number of aryl methyl sites for hydroxylation is 1. The first kappa shape index (κ1) is 28.3. The highest BCUT2D eigenvalue weighted by molar-refractivity contribution is 5.94. The molecule has 6 nitrogen and oxygen atoms in total. The fraction of sp³-hybridized carbons (Fsp3) is 0.562. The molecule has 2 aliphatic rings. The first-order valence-electron chi connectivity index (χ1n) is 14.6. The Hall–Kier alpha value is -2.70. The van der Waals surface area contributed by atoms with Gasteiger partial charge < -0.3 is 14.7 Å². The van der Waals surface area contributed by atoms with Gasteiger partial charge in [-0.2, -0.15) is 0 Å². The van der Waals surface area contributed by atoms with Gasteiger partial charge in [-0.15, -0.1) is 0 Å². The van der Waals surface area contributed by atoms with Gasteiger partial charge in [0.25, 0.3) is 0 Å². The van der Waals surface area contributed by atoms with Crippen molar-refractivity contribution in [2.24, 2.45) is 5.92 Å². The molecular weight excluding hydrogens is 472 g/mol. The third-order valence-electron chi connectivity index (χ3n) is 8.33. The Kier molecular flexibility index (Phi) is 10.4. The van der Waals surface area contributed by atoms with Gasteiger partial charge in [0.2, 0.25) is 11.8 Å². The van der Waals surface area contributed by atoms with Gasteiger partial charge in [0.1, 0.15) is 0 Å². The molecule has 0 spiro atoms. The maximum atomic E-state index is 13.9. The van der Waals surface area contributed by atoms with Gasteiger partial charge in [-0.25, -0.2) is 0 Å². The van der Waals surface area contributed by atoms with Crippen molar-refractivity contribution in [2.75, 3.05) is 50.7 Å². The van der Waals surface area contributed by atoms with Crippen LogP contribution >= 0.6 is 0 Å². The summed E-state index contributed by atoms with van der Waals surface area (Å²) >= 11 is 0. The van der Waals surface area contributed by atoms with Gasteiger partial charge in [0.15, 0.2) is 0 Å². The van der Waals surface area contributed by atoms with Crippen LogP contribution in [0.4, 0.5) is 5.69 Å². The third kappa shape index (κ3) is 7.45. The molecular formula is C32H46N4O2. The van der Waals surface area contributed by atoms with Crippen LogP contribution in [0.15, 0.2) is 54.6 Å². The topological polar surface area (TPSA) is 47.1 Å². The number of para-hydroxylation sites is 1. The van der Waals surface area contributed by atoms with E-state index in [4.69, 9.17) is 0 Å². The minimum atomic E-state index is 0.0891. The zero-order chi connectivity index (χ0) is 26.9. The van der Waals surface area contributed by atoms with Crippen molar-refractivity contribution < 1.29 is 9.59 Å².